The van der Waals surface area contributed by atoms with Crippen LogP contribution in [0.15, 0.2) is 64.6 Å². The fourth-order valence-electron chi connectivity index (χ4n) is 4.55. The Balaban J connectivity index is 1.28. The minimum atomic E-state index is -3.70. The maximum Gasteiger partial charge on any atom is 0.256 e. The number of carbonyl (C=O) groups is 1. The van der Waals surface area contributed by atoms with Gasteiger partial charge in [0.1, 0.15) is 13.2 Å². The number of ether oxygens (including phenoxy) is 3. The summed E-state index contributed by atoms with van der Waals surface area (Å²) in [6.45, 7) is 6.03. The molecule has 0 saturated heterocycles. The quantitative estimate of drug-likeness (QED) is 0.587. The van der Waals surface area contributed by atoms with Crippen molar-refractivity contribution < 1.29 is 27.4 Å². The zero-order valence-electron chi connectivity index (χ0n) is 19.3. The van der Waals surface area contributed by atoms with Gasteiger partial charge in [-0.15, -0.1) is 0 Å². The predicted molar refractivity (Wildman–Crippen MR) is 125 cm³/mol. The summed E-state index contributed by atoms with van der Waals surface area (Å²) in [6.07, 6.45) is -0.790. The van der Waals surface area contributed by atoms with Gasteiger partial charge in [-0.3, -0.25) is 4.79 Å². The standard InChI is InChI=1S/C25H28N2O6S/c1-17(2)33-24(18-6-4-3-5-7-18)25(28)26-13-19-15-27(16-20(19)14-26)34(29,30)21-8-9-22-23(12-21)32-11-10-31-22/h3-9,12,17,24H,10-11,13-16H2,1-2H3. The van der Waals surface area contributed by atoms with Gasteiger partial charge in [0, 0.05) is 32.2 Å². The zero-order valence-corrected chi connectivity index (χ0v) is 20.1. The molecule has 1 atom stereocenters. The van der Waals surface area contributed by atoms with Crippen molar-refractivity contribution >= 4 is 15.9 Å². The summed E-state index contributed by atoms with van der Waals surface area (Å²) in [4.78, 5) is 15.3. The Labute approximate surface area is 199 Å². The third-order valence-corrected chi connectivity index (χ3v) is 7.98. The molecule has 34 heavy (non-hydrogen) atoms. The highest BCUT2D eigenvalue weighted by atomic mass is 32.2. The maximum atomic E-state index is 13.4. The second-order valence-electron chi connectivity index (χ2n) is 8.96. The third-order valence-electron chi connectivity index (χ3n) is 6.20. The molecule has 8 nitrogen and oxygen atoms in total. The Morgan fingerprint density at radius 1 is 0.912 bits per heavy atom. The summed E-state index contributed by atoms with van der Waals surface area (Å²) >= 11 is 0. The second kappa shape index (κ2) is 9.05. The minimum absolute atomic E-state index is 0.101. The number of carbonyl (C=O) groups excluding carboxylic acids is 1. The molecule has 5 rings (SSSR count). The number of rotatable bonds is 6. The van der Waals surface area contributed by atoms with Crippen LogP contribution in [0.25, 0.3) is 0 Å². The van der Waals surface area contributed by atoms with E-state index in [2.05, 4.69) is 0 Å². The first-order valence-corrected chi connectivity index (χ1v) is 12.9. The zero-order chi connectivity index (χ0) is 23.9. The fourth-order valence-corrected chi connectivity index (χ4v) is 6.00. The van der Waals surface area contributed by atoms with Crippen LogP contribution in [0.2, 0.25) is 0 Å². The molecule has 0 bridgehead atoms. The number of nitrogens with zero attached hydrogens (tertiary/aromatic N) is 2. The first-order chi connectivity index (χ1) is 16.3. The van der Waals surface area contributed by atoms with Crippen molar-refractivity contribution in [1.29, 1.82) is 0 Å². The Morgan fingerprint density at radius 3 is 2.21 bits per heavy atom. The van der Waals surface area contributed by atoms with Crippen LogP contribution >= 0.6 is 0 Å². The highest BCUT2D eigenvalue weighted by Gasteiger charge is 2.40. The van der Waals surface area contributed by atoms with Crippen LogP contribution in [0.1, 0.15) is 25.5 Å². The van der Waals surface area contributed by atoms with Crippen LogP contribution in [0.4, 0.5) is 0 Å². The fraction of sp³-hybridized carbons (Fsp3) is 0.400. The van der Waals surface area contributed by atoms with Crippen molar-refractivity contribution in [2.75, 3.05) is 39.4 Å². The van der Waals surface area contributed by atoms with E-state index in [0.717, 1.165) is 16.7 Å². The maximum absolute atomic E-state index is 13.4. The Bertz CT molecular complexity index is 1210. The first-order valence-electron chi connectivity index (χ1n) is 11.4. The van der Waals surface area contributed by atoms with E-state index >= 15 is 0 Å². The van der Waals surface area contributed by atoms with E-state index in [9.17, 15) is 13.2 Å². The molecule has 2 aromatic carbocycles. The van der Waals surface area contributed by atoms with Crippen LogP contribution in [-0.4, -0.2) is 69.0 Å². The average Bonchev–Trinajstić information content (AvgIpc) is 3.42. The Hall–Kier alpha value is -2.88. The van der Waals surface area contributed by atoms with E-state index in [1.54, 1.807) is 17.0 Å². The van der Waals surface area contributed by atoms with Crippen molar-refractivity contribution in [1.82, 2.24) is 9.21 Å². The molecule has 3 aliphatic rings. The molecule has 0 fully saturated rings. The molecule has 0 saturated carbocycles. The second-order valence-corrected chi connectivity index (χ2v) is 10.9. The monoisotopic (exact) mass is 484 g/mol. The van der Waals surface area contributed by atoms with Crippen molar-refractivity contribution in [2.45, 2.75) is 31.0 Å². The molecule has 3 heterocycles. The van der Waals surface area contributed by atoms with Gasteiger partial charge in [-0.25, -0.2) is 8.42 Å². The molecule has 1 unspecified atom stereocenters. The summed E-state index contributed by atoms with van der Waals surface area (Å²) in [6, 6.07) is 14.2. The van der Waals surface area contributed by atoms with Crippen molar-refractivity contribution in [3.05, 3.63) is 65.2 Å². The van der Waals surface area contributed by atoms with Gasteiger partial charge in [-0.2, -0.15) is 4.31 Å². The molecule has 2 aromatic rings. The molecule has 9 heteroatoms. The third kappa shape index (κ3) is 4.31. The summed E-state index contributed by atoms with van der Waals surface area (Å²) < 4.78 is 45.0. The lowest BCUT2D eigenvalue weighted by molar-refractivity contribution is -0.146. The Morgan fingerprint density at radius 2 is 1.56 bits per heavy atom. The van der Waals surface area contributed by atoms with Gasteiger partial charge in [0.25, 0.3) is 5.91 Å². The van der Waals surface area contributed by atoms with Crippen LogP contribution in [0, 0.1) is 0 Å². The molecule has 1 amide bonds. The molecule has 0 radical (unpaired) electrons. The average molecular weight is 485 g/mol. The molecule has 3 aliphatic heterocycles. The van der Waals surface area contributed by atoms with E-state index in [4.69, 9.17) is 14.2 Å². The topological polar surface area (TPSA) is 85.4 Å². The van der Waals surface area contributed by atoms with E-state index < -0.39 is 16.1 Å². The highest BCUT2D eigenvalue weighted by Crippen LogP contribution is 2.36. The summed E-state index contributed by atoms with van der Waals surface area (Å²) in [5.41, 5.74) is 2.77. The smallest absolute Gasteiger partial charge is 0.256 e. The number of amides is 1. The molecule has 0 aromatic heterocycles. The SMILES string of the molecule is CC(C)OC(C(=O)N1CC2=C(C1)CN(S(=O)(=O)c1ccc3c(c1)OCCO3)C2)c1ccccc1. The molecule has 180 valence electrons. The van der Waals surface area contributed by atoms with Crippen molar-refractivity contribution in [3.8, 4) is 11.5 Å². The van der Waals surface area contributed by atoms with Gasteiger partial charge in [-0.05, 0) is 42.7 Å². The highest BCUT2D eigenvalue weighted by molar-refractivity contribution is 7.89. The van der Waals surface area contributed by atoms with E-state index in [1.165, 1.54) is 10.4 Å². The number of hydrogen-bond donors (Lipinski definition) is 0. The molecule has 0 aliphatic carbocycles. The normalized spacial score (nSPS) is 19.0. The van der Waals surface area contributed by atoms with Gasteiger partial charge in [0.15, 0.2) is 17.6 Å². The van der Waals surface area contributed by atoms with Gasteiger partial charge in [0.05, 0.1) is 11.0 Å². The summed E-state index contributed by atoms with van der Waals surface area (Å²) in [7, 11) is -3.70. The number of fused-ring (bicyclic) bond motifs is 1. The first kappa shape index (κ1) is 22.9. The van der Waals surface area contributed by atoms with Crippen molar-refractivity contribution in [3.63, 3.8) is 0 Å². The molecular formula is C25H28N2O6S. The molecular weight excluding hydrogens is 456 g/mol. The van der Waals surface area contributed by atoms with Gasteiger partial charge in [-0.1, -0.05) is 30.3 Å². The van der Waals surface area contributed by atoms with Crippen LogP contribution in [0.3, 0.4) is 0 Å². The van der Waals surface area contributed by atoms with Crippen LogP contribution in [-0.2, 0) is 19.6 Å². The van der Waals surface area contributed by atoms with Crippen molar-refractivity contribution in [2.24, 2.45) is 0 Å². The predicted octanol–water partition coefficient (Wildman–Crippen LogP) is 2.77. The largest absolute Gasteiger partial charge is 0.486 e. The van der Waals surface area contributed by atoms with Gasteiger partial charge in [0.2, 0.25) is 10.0 Å². The van der Waals surface area contributed by atoms with Gasteiger partial charge < -0.3 is 19.1 Å². The number of benzene rings is 2. The Kier molecular flexibility index (Phi) is 6.09. The van der Waals surface area contributed by atoms with Crippen LogP contribution in [0.5, 0.6) is 11.5 Å². The number of hydrogen-bond acceptors (Lipinski definition) is 6. The minimum Gasteiger partial charge on any atom is -0.486 e. The van der Waals surface area contributed by atoms with E-state index in [0.29, 0.717) is 37.8 Å². The lowest BCUT2D eigenvalue weighted by Gasteiger charge is -2.28. The summed E-state index contributed by atoms with van der Waals surface area (Å²) in [5, 5.41) is 0. The van der Waals surface area contributed by atoms with Gasteiger partial charge >= 0.3 is 0 Å². The molecule has 0 spiro atoms. The lowest BCUT2D eigenvalue weighted by atomic mass is 10.1. The molecule has 0 N–H and O–H groups in total. The summed E-state index contributed by atoms with van der Waals surface area (Å²) in [5.74, 6) is 0.898. The lowest BCUT2D eigenvalue weighted by Crippen LogP contribution is -2.39. The number of sulfonamides is 1. The van der Waals surface area contributed by atoms with E-state index in [1.807, 2.05) is 44.2 Å². The van der Waals surface area contributed by atoms with Crippen LogP contribution < -0.4 is 9.47 Å². The van der Waals surface area contributed by atoms with E-state index in [-0.39, 0.29) is 30.0 Å².